The van der Waals surface area contributed by atoms with Crippen molar-refractivity contribution in [2.24, 2.45) is 0 Å². The minimum Gasteiger partial charge on any atom is -0.406 e. The predicted octanol–water partition coefficient (Wildman–Crippen LogP) is 4.81. The largest absolute Gasteiger partial charge is 0.573 e. The fourth-order valence-corrected chi connectivity index (χ4v) is 2.13. The zero-order chi connectivity index (χ0) is 17.7. The van der Waals surface area contributed by atoms with E-state index in [4.69, 9.17) is 0 Å². The van der Waals surface area contributed by atoms with Crippen LogP contribution in [0.1, 0.15) is 5.56 Å². The van der Waals surface area contributed by atoms with Gasteiger partial charge in [-0.1, -0.05) is 28.1 Å². The number of benzene rings is 2. The first-order chi connectivity index (χ1) is 11.2. The van der Waals surface area contributed by atoms with E-state index in [0.29, 0.717) is 10.0 Å². The van der Waals surface area contributed by atoms with Crippen molar-refractivity contribution in [3.05, 3.63) is 58.3 Å². The van der Waals surface area contributed by atoms with Gasteiger partial charge in [0, 0.05) is 11.0 Å². The average molecular weight is 407 g/mol. The summed E-state index contributed by atoms with van der Waals surface area (Å²) in [6, 6.07) is 8.59. The number of carbonyl (C=O) groups excluding carboxylic acids is 1. The lowest BCUT2D eigenvalue weighted by atomic mass is 10.2. The van der Waals surface area contributed by atoms with Crippen LogP contribution in [-0.2, 0) is 6.54 Å². The zero-order valence-electron chi connectivity index (χ0n) is 12.0. The fraction of sp³-hybridized carbons (Fsp3) is 0.133. The highest BCUT2D eigenvalue weighted by Gasteiger charge is 2.31. The fourth-order valence-electron chi connectivity index (χ4n) is 1.79. The van der Waals surface area contributed by atoms with Crippen LogP contribution in [0.2, 0.25) is 0 Å². The number of hydrogen-bond donors (Lipinski definition) is 2. The predicted molar refractivity (Wildman–Crippen MR) is 83.1 cm³/mol. The molecular weight excluding hydrogens is 396 g/mol. The van der Waals surface area contributed by atoms with Crippen molar-refractivity contribution in [3.8, 4) is 5.75 Å². The van der Waals surface area contributed by atoms with Crippen LogP contribution in [-0.4, -0.2) is 12.4 Å². The molecule has 0 saturated carbocycles. The Morgan fingerprint density at radius 2 is 1.92 bits per heavy atom. The molecule has 0 aliphatic carbocycles. The van der Waals surface area contributed by atoms with Crippen LogP contribution >= 0.6 is 15.9 Å². The minimum atomic E-state index is -4.79. The Hall–Kier alpha value is -2.29. The number of amides is 2. The van der Waals surface area contributed by atoms with E-state index >= 15 is 0 Å². The second-order valence-electron chi connectivity index (χ2n) is 4.63. The van der Waals surface area contributed by atoms with Gasteiger partial charge in [-0.2, -0.15) is 0 Å². The average Bonchev–Trinajstić information content (AvgIpc) is 2.47. The third-order valence-electron chi connectivity index (χ3n) is 2.76. The summed E-state index contributed by atoms with van der Waals surface area (Å²) >= 11 is 3.09. The van der Waals surface area contributed by atoms with Gasteiger partial charge in [-0.05, 0) is 35.9 Å². The van der Waals surface area contributed by atoms with Crippen molar-refractivity contribution >= 4 is 27.6 Å². The van der Waals surface area contributed by atoms with Gasteiger partial charge in [-0.15, -0.1) is 13.2 Å². The molecular formula is C15H11BrF4N2O2. The summed E-state index contributed by atoms with van der Waals surface area (Å²) < 4.78 is 54.4. The normalized spacial score (nSPS) is 11.0. The lowest BCUT2D eigenvalue weighted by molar-refractivity contribution is -0.274. The van der Waals surface area contributed by atoms with Gasteiger partial charge >= 0.3 is 12.4 Å². The summed E-state index contributed by atoms with van der Waals surface area (Å²) in [5, 5.41) is 4.72. The number of urea groups is 1. The number of alkyl halides is 3. The number of hydrogen-bond acceptors (Lipinski definition) is 2. The van der Waals surface area contributed by atoms with E-state index in [1.54, 1.807) is 6.07 Å². The molecule has 24 heavy (non-hydrogen) atoms. The second-order valence-corrected chi connectivity index (χ2v) is 5.54. The van der Waals surface area contributed by atoms with Crippen molar-refractivity contribution in [1.82, 2.24) is 5.32 Å². The summed E-state index contributed by atoms with van der Waals surface area (Å²) in [5.74, 6) is -1.01. The molecule has 0 spiro atoms. The van der Waals surface area contributed by atoms with E-state index in [2.05, 4.69) is 31.3 Å². The van der Waals surface area contributed by atoms with Gasteiger partial charge in [0.1, 0.15) is 11.6 Å². The molecule has 0 aromatic heterocycles. The number of carbonyl (C=O) groups is 1. The molecule has 2 amide bonds. The summed E-state index contributed by atoms with van der Waals surface area (Å²) in [6.07, 6.45) is -4.79. The van der Waals surface area contributed by atoms with Gasteiger partial charge in [-0.25, -0.2) is 9.18 Å². The molecule has 0 heterocycles. The molecule has 0 aliphatic heterocycles. The molecule has 0 fully saturated rings. The first-order valence-electron chi connectivity index (χ1n) is 6.57. The topological polar surface area (TPSA) is 50.4 Å². The van der Waals surface area contributed by atoms with Crippen LogP contribution in [0.5, 0.6) is 5.75 Å². The minimum absolute atomic E-state index is 0.0233. The highest BCUT2D eigenvalue weighted by atomic mass is 79.9. The van der Waals surface area contributed by atoms with Gasteiger partial charge in [0.2, 0.25) is 0 Å². The number of halogens is 5. The highest BCUT2D eigenvalue weighted by Crippen LogP contribution is 2.23. The monoisotopic (exact) mass is 406 g/mol. The number of rotatable bonds is 4. The molecule has 0 bridgehead atoms. The molecule has 0 aliphatic rings. The molecule has 128 valence electrons. The first kappa shape index (κ1) is 18.1. The van der Waals surface area contributed by atoms with Crippen molar-refractivity contribution in [2.45, 2.75) is 12.9 Å². The van der Waals surface area contributed by atoms with Crippen LogP contribution in [0, 0.1) is 5.82 Å². The van der Waals surface area contributed by atoms with Crippen molar-refractivity contribution in [3.63, 3.8) is 0 Å². The molecule has 0 radical (unpaired) electrons. The maximum Gasteiger partial charge on any atom is 0.573 e. The molecule has 0 saturated heterocycles. The van der Waals surface area contributed by atoms with Gasteiger partial charge in [0.05, 0.1) is 5.69 Å². The van der Waals surface area contributed by atoms with Crippen LogP contribution < -0.4 is 15.4 Å². The van der Waals surface area contributed by atoms with E-state index in [1.165, 1.54) is 24.3 Å². The third kappa shape index (κ3) is 5.73. The van der Waals surface area contributed by atoms with E-state index in [-0.39, 0.29) is 18.0 Å². The molecule has 2 aromatic carbocycles. The standard InChI is InChI=1S/C15H11BrF4N2O2/c16-10-4-5-13(12(17)7-10)22-14(23)21-8-9-2-1-3-11(6-9)24-15(18,19)20/h1-7H,8H2,(H2,21,22,23). The van der Waals surface area contributed by atoms with E-state index in [0.717, 1.165) is 12.1 Å². The van der Waals surface area contributed by atoms with Crippen molar-refractivity contribution < 1.29 is 27.1 Å². The molecule has 2 aromatic rings. The van der Waals surface area contributed by atoms with E-state index in [9.17, 15) is 22.4 Å². The van der Waals surface area contributed by atoms with Gasteiger partial charge in [0.15, 0.2) is 0 Å². The van der Waals surface area contributed by atoms with Gasteiger partial charge in [-0.3, -0.25) is 0 Å². The second kappa shape index (κ2) is 7.52. The van der Waals surface area contributed by atoms with Crippen molar-refractivity contribution in [1.29, 1.82) is 0 Å². The molecule has 0 atom stereocenters. The Labute approximate surface area is 142 Å². The summed E-state index contributed by atoms with van der Waals surface area (Å²) in [7, 11) is 0. The maximum atomic E-state index is 13.6. The van der Waals surface area contributed by atoms with E-state index < -0.39 is 18.2 Å². The Kier molecular flexibility index (Phi) is 5.66. The van der Waals surface area contributed by atoms with Crippen LogP contribution in [0.4, 0.5) is 28.0 Å². The van der Waals surface area contributed by atoms with Crippen molar-refractivity contribution in [2.75, 3.05) is 5.32 Å². The van der Waals surface area contributed by atoms with Gasteiger partial charge < -0.3 is 15.4 Å². The van der Waals surface area contributed by atoms with Crippen LogP contribution in [0.3, 0.4) is 0 Å². The number of nitrogens with one attached hydrogen (secondary N) is 2. The van der Waals surface area contributed by atoms with Crippen LogP contribution in [0.25, 0.3) is 0 Å². The molecule has 2 N–H and O–H groups in total. The Morgan fingerprint density at radius 3 is 2.58 bits per heavy atom. The summed E-state index contributed by atoms with van der Waals surface area (Å²) in [6.45, 7) is -0.0565. The summed E-state index contributed by atoms with van der Waals surface area (Å²) in [4.78, 5) is 11.7. The zero-order valence-corrected chi connectivity index (χ0v) is 13.5. The quantitative estimate of drug-likeness (QED) is 0.715. The number of anilines is 1. The van der Waals surface area contributed by atoms with Crippen LogP contribution in [0.15, 0.2) is 46.9 Å². The smallest absolute Gasteiger partial charge is 0.406 e. The first-order valence-corrected chi connectivity index (χ1v) is 7.37. The Bertz CT molecular complexity index is 738. The third-order valence-corrected chi connectivity index (χ3v) is 3.26. The SMILES string of the molecule is O=C(NCc1cccc(OC(F)(F)F)c1)Nc1ccc(Br)cc1F. The Morgan fingerprint density at radius 1 is 1.17 bits per heavy atom. The maximum absolute atomic E-state index is 13.6. The lowest BCUT2D eigenvalue weighted by Crippen LogP contribution is -2.28. The molecule has 4 nitrogen and oxygen atoms in total. The Balaban J connectivity index is 1.93. The highest BCUT2D eigenvalue weighted by molar-refractivity contribution is 9.10. The van der Waals surface area contributed by atoms with E-state index in [1.807, 2.05) is 0 Å². The summed E-state index contributed by atoms with van der Waals surface area (Å²) in [5.41, 5.74) is 0.369. The molecule has 0 unspecified atom stereocenters. The molecule has 2 rings (SSSR count). The lowest BCUT2D eigenvalue weighted by Gasteiger charge is -2.11. The molecule has 9 heteroatoms. The van der Waals surface area contributed by atoms with Gasteiger partial charge in [0.25, 0.3) is 0 Å². The number of ether oxygens (including phenoxy) is 1.